The second-order valence-electron chi connectivity index (χ2n) is 5.32. The fraction of sp³-hybridized carbons (Fsp3) is 0.867. The maximum absolute atomic E-state index is 4.18. The van der Waals surface area contributed by atoms with E-state index in [-0.39, 0.29) is 0 Å². The maximum atomic E-state index is 4.18. The van der Waals surface area contributed by atoms with E-state index in [0.29, 0.717) is 0 Å². The summed E-state index contributed by atoms with van der Waals surface area (Å²) in [7, 11) is 0. The molecule has 1 N–H and O–H groups in total. The molecular weight excluding hydrogens is 194 g/mol. The lowest BCUT2D eigenvalue weighted by Gasteiger charge is -2.32. The minimum Gasteiger partial charge on any atom is -0.316 e. The third kappa shape index (κ3) is 4.69. The molecule has 0 aromatic rings. The Morgan fingerprint density at radius 2 is 1.88 bits per heavy atom. The lowest BCUT2D eigenvalue weighted by molar-refractivity contribution is 0.228. The molecule has 0 amide bonds. The van der Waals surface area contributed by atoms with Gasteiger partial charge in [-0.3, -0.25) is 0 Å². The molecule has 0 aromatic carbocycles. The Balaban J connectivity index is 2.34. The van der Waals surface area contributed by atoms with E-state index in [1.807, 2.05) is 0 Å². The molecule has 0 radical (unpaired) electrons. The van der Waals surface area contributed by atoms with E-state index in [0.717, 1.165) is 18.3 Å². The van der Waals surface area contributed by atoms with Crippen molar-refractivity contribution in [1.29, 1.82) is 0 Å². The SMILES string of the molecule is C=C(CC)CC1CCCCC1CNCCC. The van der Waals surface area contributed by atoms with E-state index in [2.05, 4.69) is 25.7 Å². The zero-order valence-electron chi connectivity index (χ0n) is 11.2. The van der Waals surface area contributed by atoms with Crippen LogP contribution in [0.4, 0.5) is 0 Å². The molecule has 94 valence electrons. The number of nitrogens with one attached hydrogen (secondary N) is 1. The van der Waals surface area contributed by atoms with Crippen molar-refractivity contribution in [3.8, 4) is 0 Å². The Hall–Kier alpha value is -0.300. The fourth-order valence-electron chi connectivity index (χ4n) is 2.80. The van der Waals surface area contributed by atoms with Gasteiger partial charge < -0.3 is 5.32 Å². The molecule has 2 atom stereocenters. The highest BCUT2D eigenvalue weighted by atomic mass is 14.9. The summed E-state index contributed by atoms with van der Waals surface area (Å²) >= 11 is 0. The van der Waals surface area contributed by atoms with Crippen molar-refractivity contribution in [3.05, 3.63) is 12.2 Å². The predicted octanol–water partition coefficient (Wildman–Crippen LogP) is 4.15. The zero-order valence-corrected chi connectivity index (χ0v) is 11.2. The molecule has 0 aliphatic heterocycles. The monoisotopic (exact) mass is 223 g/mol. The Morgan fingerprint density at radius 3 is 2.50 bits per heavy atom. The van der Waals surface area contributed by atoms with E-state index in [9.17, 15) is 0 Å². The molecule has 1 saturated carbocycles. The molecule has 1 aliphatic carbocycles. The number of hydrogen-bond donors (Lipinski definition) is 1. The van der Waals surface area contributed by atoms with Gasteiger partial charge in [0.2, 0.25) is 0 Å². The Kier molecular flexibility index (Phi) is 6.79. The quantitative estimate of drug-likeness (QED) is 0.505. The molecule has 1 nitrogen and oxygen atoms in total. The lowest BCUT2D eigenvalue weighted by atomic mass is 9.76. The third-order valence-corrected chi connectivity index (χ3v) is 3.95. The summed E-state index contributed by atoms with van der Waals surface area (Å²) in [5.74, 6) is 1.81. The molecule has 0 saturated heterocycles. The Morgan fingerprint density at radius 1 is 1.19 bits per heavy atom. The maximum Gasteiger partial charge on any atom is -0.00178 e. The van der Waals surface area contributed by atoms with Crippen molar-refractivity contribution in [2.45, 2.75) is 58.8 Å². The van der Waals surface area contributed by atoms with Crippen LogP contribution >= 0.6 is 0 Å². The zero-order chi connectivity index (χ0) is 11.8. The van der Waals surface area contributed by atoms with E-state index >= 15 is 0 Å². The van der Waals surface area contributed by atoms with Crippen LogP contribution in [0, 0.1) is 11.8 Å². The first kappa shape index (κ1) is 13.8. The van der Waals surface area contributed by atoms with Crippen LogP contribution in [0.15, 0.2) is 12.2 Å². The predicted molar refractivity (Wildman–Crippen MR) is 72.7 cm³/mol. The van der Waals surface area contributed by atoms with Gasteiger partial charge in [-0.25, -0.2) is 0 Å². The molecule has 16 heavy (non-hydrogen) atoms. The molecule has 1 fully saturated rings. The normalized spacial score (nSPS) is 25.6. The van der Waals surface area contributed by atoms with Crippen molar-refractivity contribution in [2.75, 3.05) is 13.1 Å². The summed E-state index contributed by atoms with van der Waals surface area (Å²) in [5, 5.41) is 3.60. The van der Waals surface area contributed by atoms with Gasteiger partial charge >= 0.3 is 0 Å². The minimum atomic E-state index is 0.906. The summed E-state index contributed by atoms with van der Waals surface area (Å²) < 4.78 is 0. The van der Waals surface area contributed by atoms with Gasteiger partial charge in [-0.15, -0.1) is 0 Å². The summed E-state index contributed by atoms with van der Waals surface area (Å²) in [6.45, 7) is 11.1. The Bertz CT molecular complexity index is 198. The molecule has 2 unspecified atom stereocenters. The summed E-state index contributed by atoms with van der Waals surface area (Å²) in [6, 6.07) is 0. The lowest BCUT2D eigenvalue weighted by Crippen LogP contribution is -2.31. The number of rotatable bonds is 7. The first-order valence-corrected chi connectivity index (χ1v) is 7.15. The van der Waals surface area contributed by atoms with Gasteiger partial charge in [0, 0.05) is 0 Å². The third-order valence-electron chi connectivity index (χ3n) is 3.95. The van der Waals surface area contributed by atoms with Crippen molar-refractivity contribution in [3.63, 3.8) is 0 Å². The highest BCUT2D eigenvalue weighted by Gasteiger charge is 2.24. The van der Waals surface area contributed by atoms with Gasteiger partial charge in [-0.05, 0) is 57.0 Å². The van der Waals surface area contributed by atoms with Gasteiger partial charge in [0.05, 0.1) is 0 Å². The largest absolute Gasteiger partial charge is 0.316 e. The average Bonchev–Trinajstić information content (AvgIpc) is 2.31. The second-order valence-corrected chi connectivity index (χ2v) is 5.32. The van der Waals surface area contributed by atoms with Crippen molar-refractivity contribution >= 4 is 0 Å². The summed E-state index contributed by atoms with van der Waals surface area (Å²) in [5.41, 5.74) is 1.45. The van der Waals surface area contributed by atoms with E-state index in [1.165, 1.54) is 57.2 Å². The van der Waals surface area contributed by atoms with Gasteiger partial charge in [-0.2, -0.15) is 0 Å². The molecular formula is C15H29N. The van der Waals surface area contributed by atoms with Gasteiger partial charge in [-0.1, -0.05) is 38.8 Å². The van der Waals surface area contributed by atoms with E-state index < -0.39 is 0 Å². The number of hydrogen-bond acceptors (Lipinski definition) is 1. The summed E-state index contributed by atoms with van der Waals surface area (Å²) in [4.78, 5) is 0. The fourth-order valence-corrected chi connectivity index (χ4v) is 2.80. The smallest absolute Gasteiger partial charge is 0.00178 e. The van der Waals surface area contributed by atoms with Crippen LogP contribution in [-0.2, 0) is 0 Å². The topological polar surface area (TPSA) is 12.0 Å². The van der Waals surface area contributed by atoms with Gasteiger partial charge in [0.1, 0.15) is 0 Å². The van der Waals surface area contributed by atoms with Crippen LogP contribution < -0.4 is 5.32 Å². The second kappa shape index (κ2) is 7.89. The first-order chi connectivity index (χ1) is 7.77. The summed E-state index contributed by atoms with van der Waals surface area (Å²) in [6.07, 6.45) is 9.41. The van der Waals surface area contributed by atoms with E-state index in [1.54, 1.807) is 0 Å². The molecule has 0 spiro atoms. The van der Waals surface area contributed by atoms with Crippen LogP contribution in [0.3, 0.4) is 0 Å². The standard InChI is InChI=1S/C15H29N/c1-4-10-16-12-15-9-7-6-8-14(15)11-13(3)5-2/h14-16H,3-12H2,1-2H3. The first-order valence-electron chi connectivity index (χ1n) is 7.15. The molecule has 1 rings (SSSR count). The van der Waals surface area contributed by atoms with Crippen molar-refractivity contribution < 1.29 is 0 Å². The van der Waals surface area contributed by atoms with Crippen LogP contribution in [0.2, 0.25) is 0 Å². The molecule has 1 aliphatic rings. The minimum absolute atomic E-state index is 0.906. The molecule has 0 bridgehead atoms. The van der Waals surface area contributed by atoms with Crippen LogP contribution in [0.1, 0.15) is 58.8 Å². The van der Waals surface area contributed by atoms with Crippen LogP contribution in [0.25, 0.3) is 0 Å². The van der Waals surface area contributed by atoms with Crippen LogP contribution in [-0.4, -0.2) is 13.1 Å². The highest BCUT2D eigenvalue weighted by molar-refractivity contribution is 4.96. The van der Waals surface area contributed by atoms with Gasteiger partial charge in [0.15, 0.2) is 0 Å². The van der Waals surface area contributed by atoms with Crippen LogP contribution in [0.5, 0.6) is 0 Å². The van der Waals surface area contributed by atoms with Crippen molar-refractivity contribution in [1.82, 2.24) is 5.32 Å². The van der Waals surface area contributed by atoms with Gasteiger partial charge in [0.25, 0.3) is 0 Å². The van der Waals surface area contributed by atoms with E-state index in [4.69, 9.17) is 0 Å². The Labute approximate surface area is 102 Å². The number of allylic oxidation sites excluding steroid dienone is 1. The highest BCUT2D eigenvalue weighted by Crippen LogP contribution is 2.34. The molecule has 1 heteroatoms. The average molecular weight is 223 g/mol. The van der Waals surface area contributed by atoms with Crippen molar-refractivity contribution in [2.24, 2.45) is 11.8 Å². The molecule has 0 aromatic heterocycles. The molecule has 0 heterocycles.